The molecular weight excluding hydrogens is 310 g/mol. The van der Waals surface area contributed by atoms with Crippen LogP contribution in [-0.2, 0) is 20.2 Å². The topological polar surface area (TPSA) is 155 Å². The maximum absolute atomic E-state index is 11.3. The molecule has 10 heteroatoms. The molecule has 0 fully saturated rings. The third-order valence-electron chi connectivity index (χ3n) is 2.63. The van der Waals surface area contributed by atoms with E-state index >= 15 is 0 Å². The molecule has 0 radical (unpaired) electrons. The number of aromatic hydroxyl groups is 1. The zero-order chi connectivity index (χ0) is 15.3. The molecule has 8 nitrogen and oxygen atoms in total. The number of fused-ring (bicyclic) bond motifs is 1. The van der Waals surface area contributed by atoms with Gasteiger partial charge in [0.05, 0.1) is 5.69 Å². The second-order valence-corrected chi connectivity index (χ2v) is 6.69. The Kier molecular flexibility index (Phi) is 3.13. The SMILES string of the molecule is Nc1c(S(=O)(=O)O)c(S(=O)(=O)O)cc2cccc(O)c12. The number of hydrogen-bond acceptors (Lipinski definition) is 6. The summed E-state index contributed by atoms with van der Waals surface area (Å²) in [6, 6.07) is 4.73. The number of anilines is 1. The van der Waals surface area contributed by atoms with Crippen LogP contribution in [0.2, 0.25) is 0 Å². The van der Waals surface area contributed by atoms with Crippen molar-refractivity contribution in [2.75, 3.05) is 5.73 Å². The number of phenolic OH excluding ortho intramolecular Hbond substituents is 1. The fraction of sp³-hybridized carbons (Fsp3) is 0. The molecular formula is C10H9NO7S2. The van der Waals surface area contributed by atoms with E-state index in [0.717, 1.165) is 6.07 Å². The summed E-state index contributed by atoms with van der Waals surface area (Å²) < 4.78 is 63.2. The van der Waals surface area contributed by atoms with E-state index < -0.39 is 41.5 Å². The maximum atomic E-state index is 11.3. The van der Waals surface area contributed by atoms with Gasteiger partial charge in [0.15, 0.2) is 0 Å². The minimum absolute atomic E-state index is 0.0857. The van der Waals surface area contributed by atoms with Gasteiger partial charge in [0, 0.05) is 5.39 Å². The Labute approximate surface area is 114 Å². The molecule has 108 valence electrons. The van der Waals surface area contributed by atoms with E-state index in [2.05, 4.69) is 0 Å². The number of hydrogen-bond donors (Lipinski definition) is 4. The van der Waals surface area contributed by atoms with Crippen LogP contribution in [0.4, 0.5) is 5.69 Å². The molecule has 0 aliphatic rings. The van der Waals surface area contributed by atoms with Crippen molar-refractivity contribution >= 4 is 36.7 Å². The first-order chi connectivity index (χ1) is 9.03. The zero-order valence-electron chi connectivity index (χ0n) is 9.68. The Bertz CT molecular complexity index is 916. The monoisotopic (exact) mass is 319 g/mol. The molecule has 0 aliphatic heterocycles. The van der Waals surface area contributed by atoms with Crippen LogP contribution in [0.1, 0.15) is 0 Å². The number of rotatable bonds is 2. The van der Waals surface area contributed by atoms with E-state index in [0.29, 0.717) is 0 Å². The summed E-state index contributed by atoms with van der Waals surface area (Å²) in [5.41, 5.74) is 4.86. The van der Waals surface area contributed by atoms with E-state index in [4.69, 9.17) is 14.8 Å². The van der Waals surface area contributed by atoms with Gasteiger partial charge in [-0.25, -0.2) is 0 Å². The molecule has 0 aliphatic carbocycles. The minimum atomic E-state index is -5.03. The smallest absolute Gasteiger partial charge is 0.298 e. The summed E-state index contributed by atoms with van der Waals surface area (Å²) in [4.78, 5) is -2.23. The Balaban J connectivity index is 3.17. The normalized spacial score (nSPS) is 12.7. The van der Waals surface area contributed by atoms with Crippen molar-refractivity contribution < 1.29 is 31.0 Å². The average Bonchev–Trinajstić information content (AvgIpc) is 2.25. The molecule has 2 aromatic rings. The highest BCUT2D eigenvalue weighted by atomic mass is 32.2. The number of benzene rings is 2. The van der Waals surface area contributed by atoms with Gasteiger partial charge in [-0.1, -0.05) is 12.1 Å². The lowest BCUT2D eigenvalue weighted by molar-refractivity contribution is 0.467. The molecule has 0 unspecified atom stereocenters. The summed E-state index contributed by atoms with van der Waals surface area (Å²) in [7, 11) is -9.98. The van der Waals surface area contributed by atoms with E-state index in [9.17, 15) is 21.9 Å². The standard InChI is InChI=1S/C10H9NO7S2/c11-9-8-5(2-1-3-6(8)12)4-7(19(13,14)15)10(9)20(16,17)18/h1-4,12H,11H2,(H,13,14,15)(H,16,17,18). The molecule has 0 aromatic heterocycles. The summed E-state index contributed by atoms with van der Waals surface area (Å²) >= 11 is 0. The largest absolute Gasteiger partial charge is 0.507 e. The van der Waals surface area contributed by atoms with Gasteiger partial charge < -0.3 is 10.8 Å². The first kappa shape index (κ1) is 14.5. The molecule has 2 rings (SSSR count). The molecule has 0 saturated heterocycles. The molecule has 0 bridgehead atoms. The second kappa shape index (κ2) is 4.31. The van der Waals surface area contributed by atoms with Crippen molar-refractivity contribution in [2.24, 2.45) is 0 Å². The summed E-state index contributed by atoms with van der Waals surface area (Å²) in [6.45, 7) is 0. The summed E-state index contributed by atoms with van der Waals surface area (Å²) in [5, 5.41) is 9.61. The van der Waals surface area contributed by atoms with Crippen molar-refractivity contribution in [2.45, 2.75) is 9.79 Å². The fourth-order valence-electron chi connectivity index (χ4n) is 1.88. The fourth-order valence-corrected chi connectivity index (χ4v) is 3.83. The van der Waals surface area contributed by atoms with Crippen LogP contribution < -0.4 is 5.73 Å². The molecule has 2 aromatic carbocycles. The number of phenols is 1. The molecule has 0 amide bonds. The maximum Gasteiger partial charge on any atom is 0.298 e. The highest BCUT2D eigenvalue weighted by Gasteiger charge is 2.29. The number of nitrogen functional groups attached to an aromatic ring is 1. The van der Waals surface area contributed by atoms with Gasteiger partial charge in [-0.3, -0.25) is 9.11 Å². The molecule has 0 heterocycles. The molecule has 0 saturated carbocycles. The Morgan fingerprint density at radius 3 is 2.10 bits per heavy atom. The van der Waals surface area contributed by atoms with Gasteiger partial charge >= 0.3 is 0 Å². The van der Waals surface area contributed by atoms with Crippen molar-refractivity contribution in [1.29, 1.82) is 0 Å². The Morgan fingerprint density at radius 2 is 1.60 bits per heavy atom. The van der Waals surface area contributed by atoms with Gasteiger partial charge in [0.25, 0.3) is 20.2 Å². The predicted octanol–water partition coefficient (Wildman–Crippen LogP) is 0.621. The van der Waals surface area contributed by atoms with Crippen molar-refractivity contribution in [3.63, 3.8) is 0 Å². The van der Waals surface area contributed by atoms with Gasteiger partial charge in [-0.15, -0.1) is 0 Å². The van der Waals surface area contributed by atoms with Crippen LogP contribution in [0.25, 0.3) is 10.8 Å². The lowest BCUT2D eigenvalue weighted by Gasteiger charge is -2.12. The predicted molar refractivity (Wildman–Crippen MR) is 69.7 cm³/mol. The van der Waals surface area contributed by atoms with Crippen LogP contribution in [0.5, 0.6) is 5.75 Å². The minimum Gasteiger partial charge on any atom is -0.507 e. The zero-order valence-corrected chi connectivity index (χ0v) is 11.3. The third kappa shape index (κ3) is 2.29. The van der Waals surface area contributed by atoms with E-state index in [1.54, 1.807) is 0 Å². The van der Waals surface area contributed by atoms with Crippen molar-refractivity contribution in [3.8, 4) is 5.75 Å². The van der Waals surface area contributed by atoms with Gasteiger partial charge in [-0.05, 0) is 17.5 Å². The molecule has 5 N–H and O–H groups in total. The van der Waals surface area contributed by atoms with Crippen LogP contribution in [0.3, 0.4) is 0 Å². The van der Waals surface area contributed by atoms with Crippen LogP contribution in [-0.4, -0.2) is 31.0 Å². The lowest BCUT2D eigenvalue weighted by atomic mass is 10.1. The first-order valence-corrected chi connectivity index (χ1v) is 7.90. The quantitative estimate of drug-likeness (QED) is 0.463. The van der Waals surface area contributed by atoms with Gasteiger partial charge in [-0.2, -0.15) is 16.8 Å². The average molecular weight is 319 g/mol. The third-order valence-corrected chi connectivity index (χ3v) is 4.60. The van der Waals surface area contributed by atoms with Crippen LogP contribution >= 0.6 is 0 Å². The highest BCUT2D eigenvalue weighted by molar-refractivity contribution is 7.89. The Hall–Kier alpha value is -1.88. The highest BCUT2D eigenvalue weighted by Crippen LogP contribution is 2.38. The molecule has 0 atom stereocenters. The van der Waals surface area contributed by atoms with Crippen LogP contribution in [0.15, 0.2) is 34.1 Å². The van der Waals surface area contributed by atoms with Gasteiger partial charge in [0.2, 0.25) is 0 Å². The Morgan fingerprint density at radius 1 is 1.00 bits per heavy atom. The molecule has 0 spiro atoms. The second-order valence-electron chi connectivity index (χ2n) is 3.94. The summed E-state index contributed by atoms with van der Waals surface area (Å²) in [5.74, 6) is -0.396. The van der Waals surface area contributed by atoms with E-state index in [1.165, 1.54) is 18.2 Å². The number of nitrogens with two attached hydrogens (primary N) is 1. The van der Waals surface area contributed by atoms with E-state index in [1.807, 2.05) is 0 Å². The van der Waals surface area contributed by atoms with E-state index in [-0.39, 0.29) is 10.8 Å². The lowest BCUT2D eigenvalue weighted by Crippen LogP contribution is -2.11. The first-order valence-electron chi connectivity index (χ1n) is 5.02. The van der Waals surface area contributed by atoms with Crippen molar-refractivity contribution in [1.82, 2.24) is 0 Å². The summed E-state index contributed by atoms with van der Waals surface area (Å²) in [6.07, 6.45) is 0. The van der Waals surface area contributed by atoms with Crippen molar-refractivity contribution in [3.05, 3.63) is 24.3 Å². The molecule has 20 heavy (non-hydrogen) atoms. The van der Waals surface area contributed by atoms with Gasteiger partial charge in [0.1, 0.15) is 15.5 Å². The van der Waals surface area contributed by atoms with Crippen LogP contribution in [0, 0.1) is 0 Å².